The van der Waals surface area contributed by atoms with Gasteiger partial charge in [-0.15, -0.1) is 11.3 Å². The second kappa shape index (κ2) is 4.02. The summed E-state index contributed by atoms with van der Waals surface area (Å²) >= 11 is 2.87. The summed E-state index contributed by atoms with van der Waals surface area (Å²) in [5, 5.41) is 4.23. The first-order chi connectivity index (χ1) is 6.81. The lowest BCUT2D eigenvalue weighted by Gasteiger charge is -1.98. The summed E-state index contributed by atoms with van der Waals surface area (Å²) in [6.45, 7) is 4.89. The Morgan fingerprint density at radius 1 is 1.43 bits per heavy atom. The van der Waals surface area contributed by atoms with Crippen molar-refractivity contribution in [2.24, 2.45) is 0 Å². The molecule has 0 spiro atoms. The molecule has 2 aromatic rings. The first-order valence-corrected chi connectivity index (χ1v) is 5.85. The smallest absolute Gasteiger partial charge is 0.169 e. The summed E-state index contributed by atoms with van der Waals surface area (Å²) in [5.74, 6) is 0.862. The molecule has 0 saturated heterocycles. The molecule has 4 nitrogen and oxygen atoms in total. The predicted octanol–water partition coefficient (Wildman–Crippen LogP) is 2.40. The van der Waals surface area contributed by atoms with Gasteiger partial charge in [0.1, 0.15) is 5.69 Å². The molecule has 0 aliphatic carbocycles. The molecule has 2 aromatic heterocycles. The number of anilines is 1. The number of aryl methyl sites for hydroxylation is 1. The lowest BCUT2D eigenvalue weighted by molar-refractivity contribution is 1.19. The van der Waals surface area contributed by atoms with Crippen LogP contribution in [0.25, 0.3) is 10.6 Å². The molecule has 0 aliphatic heterocycles. The minimum Gasteiger partial charge on any atom is -0.368 e. The van der Waals surface area contributed by atoms with Crippen molar-refractivity contribution in [2.45, 2.75) is 13.8 Å². The molecule has 0 aliphatic rings. The van der Waals surface area contributed by atoms with Gasteiger partial charge in [-0.1, -0.05) is 0 Å². The van der Waals surface area contributed by atoms with E-state index in [9.17, 15) is 0 Å². The third-order valence-corrected chi connectivity index (χ3v) is 3.14. The number of hydrogen-bond acceptors (Lipinski definition) is 6. The van der Waals surface area contributed by atoms with E-state index in [0.29, 0.717) is 0 Å². The molecule has 0 fully saturated rings. The van der Waals surface area contributed by atoms with Gasteiger partial charge in [-0.2, -0.15) is 8.75 Å². The fourth-order valence-corrected chi connectivity index (χ4v) is 2.47. The Morgan fingerprint density at radius 2 is 2.29 bits per heavy atom. The SMILES string of the molecule is CCNc1nsnc1-c1cnc(C)s1. The molecule has 0 amide bonds. The highest BCUT2D eigenvalue weighted by Crippen LogP contribution is 2.30. The van der Waals surface area contributed by atoms with Gasteiger partial charge in [0.15, 0.2) is 5.82 Å². The maximum atomic E-state index is 4.26. The Bertz CT molecular complexity index is 420. The highest BCUT2D eigenvalue weighted by atomic mass is 32.1. The van der Waals surface area contributed by atoms with E-state index in [1.54, 1.807) is 11.3 Å². The van der Waals surface area contributed by atoms with Crippen LogP contribution in [0.4, 0.5) is 5.82 Å². The van der Waals surface area contributed by atoms with E-state index in [1.807, 2.05) is 20.0 Å². The summed E-state index contributed by atoms with van der Waals surface area (Å²) in [6, 6.07) is 0. The molecule has 0 atom stereocenters. The van der Waals surface area contributed by atoms with Gasteiger partial charge in [-0.25, -0.2) is 4.98 Å². The van der Waals surface area contributed by atoms with E-state index < -0.39 is 0 Å². The molecular formula is C8H10N4S2. The normalized spacial score (nSPS) is 10.4. The Labute approximate surface area is 90.4 Å². The number of thiazole rings is 1. The van der Waals surface area contributed by atoms with Gasteiger partial charge in [0.05, 0.1) is 21.6 Å². The molecule has 14 heavy (non-hydrogen) atoms. The number of nitrogens with zero attached hydrogens (tertiary/aromatic N) is 3. The molecular weight excluding hydrogens is 216 g/mol. The Kier molecular flexibility index (Phi) is 2.74. The van der Waals surface area contributed by atoms with Crippen LogP contribution in [-0.4, -0.2) is 20.3 Å². The zero-order valence-corrected chi connectivity index (χ0v) is 9.58. The van der Waals surface area contributed by atoms with Gasteiger partial charge in [0.25, 0.3) is 0 Å². The number of rotatable bonds is 3. The van der Waals surface area contributed by atoms with Crippen molar-refractivity contribution in [1.82, 2.24) is 13.7 Å². The zero-order chi connectivity index (χ0) is 9.97. The van der Waals surface area contributed by atoms with Gasteiger partial charge in [0.2, 0.25) is 0 Å². The first kappa shape index (κ1) is 9.54. The van der Waals surface area contributed by atoms with E-state index in [4.69, 9.17) is 0 Å². The van der Waals surface area contributed by atoms with Crippen molar-refractivity contribution in [1.29, 1.82) is 0 Å². The van der Waals surface area contributed by atoms with Gasteiger partial charge in [-0.05, 0) is 13.8 Å². The van der Waals surface area contributed by atoms with Gasteiger partial charge < -0.3 is 5.32 Å². The molecule has 0 unspecified atom stereocenters. The fourth-order valence-electron chi connectivity index (χ4n) is 1.10. The molecule has 6 heteroatoms. The van der Waals surface area contributed by atoms with E-state index in [0.717, 1.165) is 27.9 Å². The second-order valence-electron chi connectivity index (χ2n) is 2.74. The van der Waals surface area contributed by atoms with Gasteiger partial charge in [0, 0.05) is 12.7 Å². The van der Waals surface area contributed by atoms with Crippen LogP contribution < -0.4 is 5.32 Å². The third kappa shape index (κ3) is 1.76. The number of hydrogen-bond donors (Lipinski definition) is 1. The Morgan fingerprint density at radius 3 is 2.93 bits per heavy atom. The average Bonchev–Trinajstić information content (AvgIpc) is 2.74. The molecule has 2 heterocycles. The minimum absolute atomic E-state index is 0.857. The van der Waals surface area contributed by atoms with Crippen LogP contribution in [-0.2, 0) is 0 Å². The predicted molar refractivity (Wildman–Crippen MR) is 59.9 cm³/mol. The molecule has 0 saturated carbocycles. The number of nitrogens with one attached hydrogen (secondary N) is 1. The van der Waals surface area contributed by atoms with Crippen LogP contribution in [0, 0.1) is 6.92 Å². The van der Waals surface area contributed by atoms with Gasteiger partial charge >= 0.3 is 0 Å². The van der Waals surface area contributed by atoms with Crippen LogP contribution in [0.15, 0.2) is 6.20 Å². The summed E-state index contributed by atoms with van der Waals surface area (Å²) in [4.78, 5) is 5.28. The Hall–Kier alpha value is -1.01. The maximum Gasteiger partial charge on any atom is 0.169 e. The maximum absolute atomic E-state index is 4.26. The average molecular weight is 226 g/mol. The molecule has 0 radical (unpaired) electrons. The second-order valence-corrected chi connectivity index (χ2v) is 4.50. The monoisotopic (exact) mass is 226 g/mol. The topological polar surface area (TPSA) is 50.7 Å². The third-order valence-electron chi connectivity index (χ3n) is 1.69. The van der Waals surface area contributed by atoms with E-state index in [2.05, 4.69) is 19.0 Å². The molecule has 1 N–H and O–H groups in total. The quantitative estimate of drug-likeness (QED) is 0.873. The standard InChI is InChI=1S/C8H10N4S2/c1-3-9-8-7(11-14-12-8)6-4-10-5(2)13-6/h4H,3H2,1-2H3,(H,9,12). The zero-order valence-electron chi connectivity index (χ0n) is 7.94. The van der Waals surface area contributed by atoms with Gasteiger partial charge in [-0.3, -0.25) is 0 Å². The lowest BCUT2D eigenvalue weighted by atomic mass is 10.4. The van der Waals surface area contributed by atoms with Crippen LogP contribution in [0.3, 0.4) is 0 Å². The minimum atomic E-state index is 0.857. The van der Waals surface area contributed by atoms with Crippen LogP contribution >= 0.6 is 23.1 Å². The van der Waals surface area contributed by atoms with Crippen molar-refractivity contribution in [3.05, 3.63) is 11.2 Å². The Balaban J connectivity index is 2.36. The van der Waals surface area contributed by atoms with E-state index in [-0.39, 0.29) is 0 Å². The lowest BCUT2D eigenvalue weighted by Crippen LogP contribution is -1.97. The summed E-state index contributed by atoms with van der Waals surface area (Å²) in [6.07, 6.45) is 1.84. The highest BCUT2D eigenvalue weighted by Gasteiger charge is 2.11. The fraction of sp³-hybridized carbons (Fsp3) is 0.375. The first-order valence-electron chi connectivity index (χ1n) is 4.30. The summed E-state index contributed by atoms with van der Waals surface area (Å²) < 4.78 is 8.45. The van der Waals surface area contributed by atoms with Crippen molar-refractivity contribution in [3.8, 4) is 10.6 Å². The van der Waals surface area contributed by atoms with Crippen molar-refractivity contribution < 1.29 is 0 Å². The van der Waals surface area contributed by atoms with Crippen LogP contribution in [0.2, 0.25) is 0 Å². The molecule has 2 rings (SSSR count). The number of aromatic nitrogens is 3. The summed E-state index contributed by atoms with van der Waals surface area (Å²) in [7, 11) is 0. The largest absolute Gasteiger partial charge is 0.368 e. The highest BCUT2D eigenvalue weighted by molar-refractivity contribution is 7.15. The van der Waals surface area contributed by atoms with E-state index >= 15 is 0 Å². The van der Waals surface area contributed by atoms with Crippen LogP contribution in [0.1, 0.15) is 11.9 Å². The summed E-state index contributed by atoms with van der Waals surface area (Å²) in [5.41, 5.74) is 0.919. The molecule has 74 valence electrons. The van der Waals surface area contributed by atoms with E-state index in [1.165, 1.54) is 11.7 Å². The van der Waals surface area contributed by atoms with Crippen LogP contribution in [0.5, 0.6) is 0 Å². The molecule has 0 bridgehead atoms. The van der Waals surface area contributed by atoms with Crippen molar-refractivity contribution >= 4 is 28.9 Å². The van der Waals surface area contributed by atoms with Crippen molar-refractivity contribution in [2.75, 3.05) is 11.9 Å². The molecule has 0 aromatic carbocycles. The van der Waals surface area contributed by atoms with Crippen molar-refractivity contribution in [3.63, 3.8) is 0 Å².